The maximum Gasteiger partial charge on any atom is 0.303 e. The van der Waals surface area contributed by atoms with E-state index in [2.05, 4.69) is 6.07 Å². The SMILES string of the molecule is COc1c(C(CC(=O)O)C2CC2)cc(C)c(C)c1OC. The third-order valence-corrected chi connectivity index (χ3v) is 4.17. The number of carboxylic acids is 1. The van der Waals surface area contributed by atoms with Gasteiger partial charge in [0.15, 0.2) is 11.5 Å². The van der Waals surface area contributed by atoms with Crippen LogP contribution in [0, 0.1) is 19.8 Å². The van der Waals surface area contributed by atoms with Crippen LogP contribution in [0.4, 0.5) is 0 Å². The highest BCUT2D eigenvalue weighted by molar-refractivity contribution is 5.69. The molecule has 1 atom stereocenters. The molecule has 1 saturated carbocycles. The molecule has 0 aromatic heterocycles. The lowest BCUT2D eigenvalue weighted by Gasteiger charge is -2.22. The molecule has 0 saturated heterocycles. The Hall–Kier alpha value is -1.71. The summed E-state index contributed by atoms with van der Waals surface area (Å²) in [6.07, 6.45) is 2.33. The van der Waals surface area contributed by atoms with Crippen LogP contribution in [0.5, 0.6) is 11.5 Å². The van der Waals surface area contributed by atoms with Gasteiger partial charge in [-0.25, -0.2) is 0 Å². The fourth-order valence-corrected chi connectivity index (χ4v) is 2.84. The van der Waals surface area contributed by atoms with Gasteiger partial charge in [0, 0.05) is 11.5 Å². The minimum atomic E-state index is -0.763. The van der Waals surface area contributed by atoms with Crippen LogP contribution in [0.25, 0.3) is 0 Å². The molecule has 1 aliphatic carbocycles. The Morgan fingerprint density at radius 1 is 1.30 bits per heavy atom. The van der Waals surface area contributed by atoms with Gasteiger partial charge in [-0.15, -0.1) is 0 Å². The van der Waals surface area contributed by atoms with Gasteiger partial charge in [-0.2, -0.15) is 0 Å². The van der Waals surface area contributed by atoms with Gasteiger partial charge in [-0.3, -0.25) is 4.79 Å². The first-order chi connectivity index (χ1) is 9.49. The molecule has 0 amide bonds. The number of hydrogen-bond acceptors (Lipinski definition) is 3. The molecule has 4 nitrogen and oxygen atoms in total. The van der Waals surface area contributed by atoms with Crippen LogP contribution in [0.2, 0.25) is 0 Å². The van der Waals surface area contributed by atoms with Crippen molar-refractivity contribution in [1.82, 2.24) is 0 Å². The number of benzene rings is 1. The second kappa shape index (κ2) is 5.73. The fourth-order valence-electron chi connectivity index (χ4n) is 2.84. The second-order valence-electron chi connectivity index (χ2n) is 5.52. The summed E-state index contributed by atoms with van der Waals surface area (Å²) in [5.41, 5.74) is 3.11. The summed E-state index contributed by atoms with van der Waals surface area (Å²) in [6.45, 7) is 4.01. The molecule has 1 N–H and O–H groups in total. The van der Waals surface area contributed by atoms with E-state index in [1.807, 2.05) is 13.8 Å². The Balaban J connectivity index is 2.52. The summed E-state index contributed by atoms with van der Waals surface area (Å²) >= 11 is 0. The van der Waals surface area contributed by atoms with E-state index < -0.39 is 5.97 Å². The molecule has 0 radical (unpaired) electrons. The maximum atomic E-state index is 11.1. The van der Waals surface area contributed by atoms with Crippen molar-refractivity contribution < 1.29 is 19.4 Å². The number of ether oxygens (including phenoxy) is 2. The quantitative estimate of drug-likeness (QED) is 0.867. The minimum absolute atomic E-state index is 0.00986. The predicted octanol–water partition coefficient (Wildman–Crippen LogP) is 3.29. The largest absolute Gasteiger partial charge is 0.493 e. The van der Waals surface area contributed by atoms with Gasteiger partial charge in [-0.1, -0.05) is 6.07 Å². The first-order valence-electron chi connectivity index (χ1n) is 6.93. The van der Waals surface area contributed by atoms with Crippen LogP contribution < -0.4 is 9.47 Å². The summed E-state index contributed by atoms with van der Waals surface area (Å²) in [5.74, 6) is 1.11. The Kier molecular flexibility index (Phi) is 4.21. The summed E-state index contributed by atoms with van der Waals surface area (Å²) in [7, 11) is 3.23. The number of aryl methyl sites for hydroxylation is 1. The zero-order chi connectivity index (χ0) is 14.9. The van der Waals surface area contributed by atoms with Gasteiger partial charge in [0.1, 0.15) is 0 Å². The van der Waals surface area contributed by atoms with Gasteiger partial charge in [0.25, 0.3) is 0 Å². The zero-order valence-corrected chi connectivity index (χ0v) is 12.5. The Labute approximate surface area is 119 Å². The average Bonchev–Trinajstić information content (AvgIpc) is 3.22. The van der Waals surface area contributed by atoms with E-state index in [0.717, 1.165) is 35.3 Å². The molecule has 1 aliphatic rings. The first kappa shape index (κ1) is 14.7. The van der Waals surface area contributed by atoms with Crippen molar-refractivity contribution in [3.8, 4) is 11.5 Å². The molecule has 0 spiro atoms. The smallest absolute Gasteiger partial charge is 0.303 e. The van der Waals surface area contributed by atoms with Gasteiger partial charge in [-0.05, 0) is 43.7 Å². The average molecular weight is 278 g/mol. The lowest BCUT2D eigenvalue weighted by molar-refractivity contribution is -0.137. The Bertz CT molecular complexity index is 518. The van der Waals surface area contributed by atoms with Crippen molar-refractivity contribution in [1.29, 1.82) is 0 Å². The number of hydrogen-bond donors (Lipinski definition) is 1. The summed E-state index contributed by atoms with van der Waals surface area (Å²) in [4.78, 5) is 11.1. The van der Waals surface area contributed by atoms with Crippen molar-refractivity contribution in [3.05, 3.63) is 22.8 Å². The molecule has 1 aromatic rings. The highest BCUT2D eigenvalue weighted by atomic mass is 16.5. The predicted molar refractivity (Wildman–Crippen MR) is 76.7 cm³/mol. The first-order valence-corrected chi connectivity index (χ1v) is 6.93. The molecular weight excluding hydrogens is 256 g/mol. The van der Waals surface area contributed by atoms with Crippen molar-refractivity contribution in [2.75, 3.05) is 14.2 Å². The van der Waals surface area contributed by atoms with Crippen LogP contribution in [-0.4, -0.2) is 25.3 Å². The molecule has 2 rings (SSSR count). The minimum Gasteiger partial charge on any atom is -0.493 e. The van der Waals surface area contributed by atoms with E-state index in [1.54, 1.807) is 14.2 Å². The zero-order valence-electron chi connectivity index (χ0n) is 12.5. The highest BCUT2D eigenvalue weighted by Gasteiger charge is 2.36. The Morgan fingerprint density at radius 2 is 1.90 bits per heavy atom. The molecule has 1 aromatic carbocycles. The molecule has 0 bridgehead atoms. The Morgan fingerprint density at radius 3 is 2.35 bits per heavy atom. The van der Waals surface area contributed by atoms with Crippen molar-refractivity contribution in [2.45, 2.75) is 39.0 Å². The van der Waals surface area contributed by atoms with Gasteiger partial charge in [0.05, 0.1) is 20.6 Å². The van der Waals surface area contributed by atoms with Crippen LogP contribution in [0.15, 0.2) is 6.07 Å². The van der Waals surface area contributed by atoms with Crippen LogP contribution in [0.1, 0.15) is 41.9 Å². The third-order valence-electron chi connectivity index (χ3n) is 4.17. The van der Waals surface area contributed by atoms with Crippen LogP contribution >= 0.6 is 0 Å². The topological polar surface area (TPSA) is 55.8 Å². The standard InChI is InChI=1S/C16H22O4/c1-9-7-13(12(8-14(17)18)11-5-6-11)16(20-4)15(19-3)10(9)2/h7,11-12H,5-6,8H2,1-4H3,(H,17,18). The number of carboxylic acid groups (broad SMARTS) is 1. The van der Waals surface area contributed by atoms with Gasteiger partial charge >= 0.3 is 5.97 Å². The molecule has 0 aliphatic heterocycles. The monoisotopic (exact) mass is 278 g/mol. The molecule has 1 fully saturated rings. The second-order valence-corrected chi connectivity index (χ2v) is 5.52. The number of rotatable bonds is 6. The van der Waals surface area contributed by atoms with Crippen LogP contribution in [-0.2, 0) is 4.79 Å². The number of carbonyl (C=O) groups is 1. The normalized spacial score (nSPS) is 15.8. The fraction of sp³-hybridized carbons (Fsp3) is 0.562. The van der Waals surface area contributed by atoms with E-state index in [1.165, 1.54) is 0 Å². The van der Waals surface area contributed by atoms with E-state index >= 15 is 0 Å². The van der Waals surface area contributed by atoms with Crippen molar-refractivity contribution in [3.63, 3.8) is 0 Å². The molecule has 110 valence electrons. The number of methoxy groups -OCH3 is 2. The molecule has 20 heavy (non-hydrogen) atoms. The lowest BCUT2D eigenvalue weighted by Crippen LogP contribution is -2.11. The third kappa shape index (κ3) is 2.74. The van der Waals surface area contributed by atoms with Crippen LogP contribution in [0.3, 0.4) is 0 Å². The molecule has 0 heterocycles. The van der Waals surface area contributed by atoms with Crippen molar-refractivity contribution in [2.24, 2.45) is 5.92 Å². The van der Waals surface area contributed by atoms with Gasteiger partial charge < -0.3 is 14.6 Å². The number of aliphatic carboxylic acids is 1. The summed E-state index contributed by atoms with van der Waals surface area (Å²) < 4.78 is 11.0. The lowest BCUT2D eigenvalue weighted by atomic mass is 9.87. The molecule has 1 unspecified atom stereocenters. The van der Waals surface area contributed by atoms with E-state index in [4.69, 9.17) is 14.6 Å². The summed E-state index contributed by atoms with van der Waals surface area (Å²) in [6, 6.07) is 2.06. The molecular formula is C16H22O4. The maximum absolute atomic E-state index is 11.1. The van der Waals surface area contributed by atoms with E-state index in [-0.39, 0.29) is 12.3 Å². The summed E-state index contributed by atoms with van der Waals surface area (Å²) in [5, 5.41) is 9.16. The van der Waals surface area contributed by atoms with Crippen molar-refractivity contribution >= 4 is 5.97 Å². The highest BCUT2D eigenvalue weighted by Crippen LogP contribution is 2.50. The van der Waals surface area contributed by atoms with Gasteiger partial charge in [0.2, 0.25) is 0 Å². The van der Waals surface area contributed by atoms with E-state index in [0.29, 0.717) is 11.7 Å². The van der Waals surface area contributed by atoms with E-state index in [9.17, 15) is 4.79 Å². The molecule has 4 heteroatoms.